The lowest BCUT2D eigenvalue weighted by atomic mass is 10.2. The summed E-state index contributed by atoms with van der Waals surface area (Å²) in [4.78, 5) is 12.0. The molecule has 142 valence electrons. The van der Waals surface area contributed by atoms with Gasteiger partial charge in [0.1, 0.15) is 5.75 Å². The van der Waals surface area contributed by atoms with Gasteiger partial charge in [0.15, 0.2) is 6.61 Å². The second kappa shape index (κ2) is 9.78. The van der Waals surface area contributed by atoms with Crippen molar-refractivity contribution in [3.05, 3.63) is 59.1 Å². The van der Waals surface area contributed by atoms with Gasteiger partial charge in [-0.3, -0.25) is 0 Å². The van der Waals surface area contributed by atoms with Crippen molar-refractivity contribution in [1.82, 2.24) is 20.2 Å². The number of ether oxygens (including phenoxy) is 2. The van der Waals surface area contributed by atoms with Crippen LogP contribution in [-0.4, -0.2) is 45.6 Å². The van der Waals surface area contributed by atoms with E-state index in [9.17, 15) is 4.79 Å². The molecule has 0 N–H and O–H groups in total. The van der Waals surface area contributed by atoms with Crippen LogP contribution < -0.4 is 4.74 Å². The zero-order valence-corrected chi connectivity index (χ0v) is 16.4. The molecule has 1 aromatic heterocycles. The molecular weight excluding hydrogens is 400 g/mol. The molecule has 0 saturated carbocycles. The zero-order chi connectivity index (χ0) is 19.8. The first-order chi connectivity index (χ1) is 13.7. The summed E-state index contributed by atoms with van der Waals surface area (Å²) >= 11 is 7.27. The van der Waals surface area contributed by atoms with Crippen molar-refractivity contribution in [3.63, 3.8) is 0 Å². The Morgan fingerprint density at radius 1 is 1.21 bits per heavy atom. The van der Waals surface area contributed by atoms with Crippen molar-refractivity contribution >= 4 is 29.3 Å². The number of esters is 1. The van der Waals surface area contributed by atoms with Crippen LogP contribution in [0.5, 0.6) is 5.75 Å². The third-order valence-corrected chi connectivity index (χ3v) is 4.54. The minimum Gasteiger partial charge on any atom is -0.497 e. The molecule has 0 bridgehead atoms. The molecule has 0 atom stereocenters. The summed E-state index contributed by atoms with van der Waals surface area (Å²) in [5.74, 6) is 6.32. The second-order valence-corrected chi connectivity index (χ2v) is 6.68. The number of carbonyl (C=O) groups is 1. The van der Waals surface area contributed by atoms with E-state index in [0.717, 1.165) is 5.69 Å². The van der Waals surface area contributed by atoms with Gasteiger partial charge in [0.05, 0.1) is 24.1 Å². The summed E-state index contributed by atoms with van der Waals surface area (Å²) in [6.45, 7) is -0.00126. The van der Waals surface area contributed by atoms with Crippen LogP contribution in [0.3, 0.4) is 0 Å². The van der Waals surface area contributed by atoms with Crippen LogP contribution in [0.15, 0.2) is 53.7 Å². The van der Waals surface area contributed by atoms with Crippen LogP contribution in [0.4, 0.5) is 0 Å². The van der Waals surface area contributed by atoms with E-state index < -0.39 is 5.97 Å². The fraction of sp³-hybridized carbons (Fsp3) is 0.158. The number of hydrogen-bond acceptors (Lipinski definition) is 7. The third kappa shape index (κ3) is 5.25. The molecule has 3 aromatic rings. The predicted molar refractivity (Wildman–Crippen MR) is 106 cm³/mol. The first kappa shape index (κ1) is 19.7. The molecule has 28 heavy (non-hydrogen) atoms. The molecule has 0 aliphatic heterocycles. The predicted octanol–water partition coefficient (Wildman–Crippen LogP) is 3.28. The summed E-state index contributed by atoms with van der Waals surface area (Å²) < 4.78 is 11.8. The average molecular weight is 415 g/mol. The number of nitrogens with zero attached hydrogens (tertiary/aromatic N) is 4. The highest BCUT2D eigenvalue weighted by Gasteiger charge is 2.08. The summed E-state index contributed by atoms with van der Waals surface area (Å²) in [6, 6.07) is 13.9. The summed E-state index contributed by atoms with van der Waals surface area (Å²) in [5.41, 5.74) is 1.22. The van der Waals surface area contributed by atoms with Gasteiger partial charge in [-0.25, -0.2) is 4.79 Å². The Morgan fingerprint density at radius 2 is 2.04 bits per heavy atom. The molecule has 0 aliphatic carbocycles. The molecule has 9 heteroatoms. The van der Waals surface area contributed by atoms with E-state index in [4.69, 9.17) is 21.1 Å². The normalized spacial score (nSPS) is 10.1. The van der Waals surface area contributed by atoms with Gasteiger partial charge in [0, 0.05) is 5.02 Å². The van der Waals surface area contributed by atoms with Gasteiger partial charge in [-0.1, -0.05) is 41.3 Å². The average Bonchev–Trinajstić information content (AvgIpc) is 3.19. The van der Waals surface area contributed by atoms with Crippen molar-refractivity contribution in [1.29, 1.82) is 0 Å². The van der Waals surface area contributed by atoms with Gasteiger partial charge in [-0.05, 0) is 52.9 Å². The van der Waals surface area contributed by atoms with E-state index in [1.54, 1.807) is 41.1 Å². The molecule has 2 aromatic carbocycles. The Labute approximate surface area is 171 Å². The maximum Gasteiger partial charge on any atom is 0.339 e. The number of rotatable bonds is 6. The van der Waals surface area contributed by atoms with Gasteiger partial charge in [-0.2, -0.15) is 4.68 Å². The van der Waals surface area contributed by atoms with E-state index in [0.29, 0.717) is 27.2 Å². The quantitative estimate of drug-likeness (QED) is 0.348. The van der Waals surface area contributed by atoms with E-state index >= 15 is 0 Å². The third-order valence-electron chi connectivity index (χ3n) is 3.49. The van der Waals surface area contributed by atoms with Crippen LogP contribution in [0.2, 0.25) is 5.02 Å². The Hall–Kier alpha value is -3.02. The number of thioether (sulfide) groups is 1. The number of aromatic nitrogens is 4. The standard InChI is InChI=1S/C19H15ClN4O3S/c1-26-17-6-4-5-14(13-17)18(25)27-11-2-3-12-28-19-21-22-23-24(19)16-9-7-15(20)8-10-16/h4-10,13H,11-12H2,1H3. The van der Waals surface area contributed by atoms with Crippen molar-refractivity contribution in [2.24, 2.45) is 0 Å². The van der Waals surface area contributed by atoms with Gasteiger partial charge in [-0.15, -0.1) is 5.10 Å². The fourth-order valence-electron chi connectivity index (χ4n) is 2.15. The monoisotopic (exact) mass is 414 g/mol. The van der Waals surface area contributed by atoms with E-state index in [2.05, 4.69) is 27.4 Å². The fourth-order valence-corrected chi connectivity index (χ4v) is 2.94. The van der Waals surface area contributed by atoms with Crippen LogP contribution in [-0.2, 0) is 4.74 Å². The highest BCUT2D eigenvalue weighted by atomic mass is 35.5. The lowest BCUT2D eigenvalue weighted by molar-refractivity contribution is 0.0556. The molecule has 0 radical (unpaired) electrons. The Kier molecular flexibility index (Phi) is 6.89. The van der Waals surface area contributed by atoms with Gasteiger partial charge in [0.2, 0.25) is 5.16 Å². The maximum atomic E-state index is 12.0. The second-order valence-electron chi connectivity index (χ2n) is 5.30. The van der Waals surface area contributed by atoms with Crippen LogP contribution in [0.1, 0.15) is 10.4 Å². The van der Waals surface area contributed by atoms with Gasteiger partial charge < -0.3 is 9.47 Å². The summed E-state index contributed by atoms with van der Waals surface area (Å²) in [7, 11) is 1.54. The molecule has 0 fully saturated rings. The maximum absolute atomic E-state index is 12.0. The van der Waals surface area contributed by atoms with E-state index in [1.165, 1.54) is 18.9 Å². The van der Waals surface area contributed by atoms with Crippen molar-refractivity contribution in [2.45, 2.75) is 5.16 Å². The highest BCUT2D eigenvalue weighted by Crippen LogP contribution is 2.19. The number of tetrazole rings is 1. The smallest absolute Gasteiger partial charge is 0.339 e. The van der Waals surface area contributed by atoms with E-state index in [1.807, 2.05) is 12.1 Å². The SMILES string of the molecule is COc1cccc(C(=O)OCC#CCSc2nnnn2-c2ccc(Cl)cc2)c1. The molecule has 0 saturated heterocycles. The number of benzene rings is 2. The molecule has 3 rings (SSSR count). The molecule has 0 amide bonds. The lowest BCUT2D eigenvalue weighted by Crippen LogP contribution is -2.05. The molecule has 1 heterocycles. The van der Waals surface area contributed by atoms with Crippen molar-refractivity contribution in [2.75, 3.05) is 19.5 Å². The first-order valence-corrected chi connectivity index (χ1v) is 9.48. The Bertz CT molecular complexity index is 1010. The lowest BCUT2D eigenvalue weighted by Gasteiger charge is -2.03. The number of hydrogen-bond donors (Lipinski definition) is 0. The van der Waals surface area contributed by atoms with Gasteiger partial charge >= 0.3 is 5.97 Å². The topological polar surface area (TPSA) is 79.1 Å². The Morgan fingerprint density at radius 3 is 2.82 bits per heavy atom. The highest BCUT2D eigenvalue weighted by molar-refractivity contribution is 7.99. The van der Waals surface area contributed by atoms with Crippen LogP contribution in [0.25, 0.3) is 5.69 Å². The number of methoxy groups -OCH3 is 1. The number of halogens is 1. The summed E-state index contributed by atoms with van der Waals surface area (Å²) in [5, 5.41) is 12.9. The minimum absolute atomic E-state index is 0.00126. The zero-order valence-electron chi connectivity index (χ0n) is 14.8. The largest absolute Gasteiger partial charge is 0.497 e. The van der Waals surface area contributed by atoms with Gasteiger partial charge in [0.25, 0.3) is 0 Å². The van der Waals surface area contributed by atoms with Crippen molar-refractivity contribution in [3.8, 4) is 23.3 Å². The molecule has 0 unspecified atom stereocenters. The molecule has 0 spiro atoms. The van der Waals surface area contributed by atoms with E-state index in [-0.39, 0.29) is 6.61 Å². The van der Waals surface area contributed by atoms with Crippen molar-refractivity contribution < 1.29 is 14.3 Å². The Balaban J connectivity index is 1.49. The van der Waals surface area contributed by atoms with Crippen LogP contribution >= 0.6 is 23.4 Å². The first-order valence-electron chi connectivity index (χ1n) is 8.11. The molecular formula is C19H15ClN4O3S. The minimum atomic E-state index is -0.451. The number of carbonyl (C=O) groups excluding carboxylic acids is 1. The summed E-state index contributed by atoms with van der Waals surface area (Å²) in [6.07, 6.45) is 0. The molecule has 0 aliphatic rings. The molecule has 7 nitrogen and oxygen atoms in total. The van der Waals surface area contributed by atoms with Crippen LogP contribution in [0, 0.1) is 11.8 Å².